The van der Waals surface area contributed by atoms with Crippen molar-refractivity contribution in [3.63, 3.8) is 0 Å². The van der Waals surface area contributed by atoms with Gasteiger partial charge in [-0.2, -0.15) is 0 Å². The molecule has 3 aromatic carbocycles. The summed E-state index contributed by atoms with van der Waals surface area (Å²) in [5.41, 5.74) is 4.27. The van der Waals surface area contributed by atoms with Crippen LogP contribution in [0.5, 0.6) is 5.75 Å². The van der Waals surface area contributed by atoms with E-state index in [1.807, 2.05) is 83.8 Å². The zero-order chi connectivity index (χ0) is 25.7. The standard InChI is InChI=1S/C30H29NO5/c1-5-12-21-19-23(34-2)17-18-24(21)28-26(30(33)36-4)25(29(32)35-3)27(20-13-8-6-9-14-20)31(28)22-15-10-7-11-16-22/h5-11,13-19,26,28H,1,12H2,2-4H3/t26-,28-/m1/s1. The molecule has 2 atom stereocenters. The van der Waals surface area contributed by atoms with Crippen molar-refractivity contribution < 1.29 is 23.8 Å². The number of methoxy groups -OCH3 is 3. The van der Waals surface area contributed by atoms with E-state index < -0.39 is 23.9 Å². The van der Waals surface area contributed by atoms with Crippen molar-refractivity contribution in [1.29, 1.82) is 0 Å². The van der Waals surface area contributed by atoms with Crippen molar-refractivity contribution >= 4 is 23.3 Å². The van der Waals surface area contributed by atoms with Crippen LogP contribution in [0.15, 0.2) is 97.1 Å². The van der Waals surface area contributed by atoms with E-state index in [-0.39, 0.29) is 5.57 Å². The lowest BCUT2D eigenvalue weighted by Crippen LogP contribution is -2.32. The topological polar surface area (TPSA) is 65.1 Å². The molecule has 0 spiro atoms. The number of anilines is 1. The fourth-order valence-electron chi connectivity index (χ4n) is 4.85. The first-order valence-electron chi connectivity index (χ1n) is 11.6. The Morgan fingerprint density at radius 3 is 2.17 bits per heavy atom. The first-order chi connectivity index (χ1) is 17.5. The molecule has 1 aliphatic heterocycles. The molecular weight excluding hydrogens is 454 g/mol. The lowest BCUT2D eigenvalue weighted by molar-refractivity contribution is -0.147. The zero-order valence-corrected chi connectivity index (χ0v) is 20.6. The molecule has 6 nitrogen and oxygen atoms in total. The van der Waals surface area contributed by atoms with Crippen LogP contribution in [0, 0.1) is 5.92 Å². The monoisotopic (exact) mass is 483 g/mol. The van der Waals surface area contributed by atoms with Gasteiger partial charge in [-0.15, -0.1) is 6.58 Å². The van der Waals surface area contributed by atoms with Crippen molar-refractivity contribution in [2.75, 3.05) is 26.2 Å². The minimum atomic E-state index is -0.935. The Hall–Kier alpha value is -4.32. The molecule has 0 saturated heterocycles. The molecule has 0 N–H and O–H groups in total. The summed E-state index contributed by atoms with van der Waals surface area (Å²) in [6, 6.07) is 24.4. The van der Waals surface area contributed by atoms with Gasteiger partial charge in [0.05, 0.1) is 38.6 Å². The molecule has 4 rings (SSSR count). The quantitative estimate of drug-likeness (QED) is 0.318. The summed E-state index contributed by atoms with van der Waals surface area (Å²) in [7, 11) is 4.27. The molecule has 36 heavy (non-hydrogen) atoms. The molecule has 0 fully saturated rings. The second kappa shape index (κ2) is 11.0. The van der Waals surface area contributed by atoms with Gasteiger partial charge in [0.1, 0.15) is 11.7 Å². The summed E-state index contributed by atoms with van der Waals surface area (Å²) in [5.74, 6) is -1.34. The first-order valence-corrected chi connectivity index (χ1v) is 11.6. The highest BCUT2D eigenvalue weighted by Gasteiger charge is 2.50. The predicted molar refractivity (Wildman–Crippen MR) is 139 cm³/mol. The van der Waals surface area contributed by atoms with Gasteiger partial charge in [0.15, 0.2) is 0 Å². The molecule has 3 aromatic rings. The molecule has 0 radical (unpaired) electrons. The van der Waals surface area contributed by atoms with Gasteiger partial charge in [-0.3, -0.25) is 4.79 Å². The van der Waals surface area contributed by atoms with Crippen molar-refractivity contribution in [1.82, 2.24) is 0 Å². The third-order valence-electron chi connectivity index (χ3n) is 6.38. The summed E-state index contributed by atoms with van der Waals surface area (Å²) < 4.78 is 16.0. The van der Waals surface area contributed by atoms with E-state index >= 15 is 0 Å². The fraction of sp³-hybridized carbons (Fsp3) is 0.200. The maximum atomic E-state index is 13.4. The van der Waals surface area contributed by atoms with Crippen LogP contribution in [-0.4, -0.2) is 33.3 Å². The Morgan fingerprint density at radius 2 is 1.58 bits per heavy atom. The van der Waals surface area contributed by atoms with E-state index in [4.69, 9.17) is 14.2 Å². The molecule has 0 aliphatic carbocycles. The van der Waals surface area contributed by atoms with E-state index in [0.29, 0.717) is 17.9 Å². The summed E-state index contributed by atoms with van der Waals surface area (Å²) in [4.78, 5) is 28.8. The van der Waals surface area contributed by atoms with Crippen LogP contribution in [-0.2, 0) is 25.5 Å². The minimum Gasteiger partial charge on any atom is -0.497 e. The zero-order valence-electron chi connectivity index (χ0n) is 20.6. The van der Waals surface area contributed by atoms with Crippen molar-refractivity contribution in [3.05, 3.63) is 114 Å². The summed E-state index contributed by atoms with van der Waals surface area (Å²) in [6.45, 7) is 3.92. The van der Waals surface area contributed by atoms with Crippen LogP contribution in [0.4, 0.5) is 5.69 Å². The minimum absolute atomic E-state index is 0.254. The van der Waals surface area contributed by atoms with E-state index in [1.165, 1.54) is 14.2 Å². The Bertz CT molecular complexity index is 1280. The molecular formula is C30H29NO5. The number of allylic oxidation sites excluding steroid dienone is 1. The van der Waals surface area contributed by atoms with Crippen LogP contribution in [0.2, 0.25) is 0 Å². The number of para-hydroxylation sites is 1. The highest BCUT2D eigenvalue weighted by Crippen LogP contribution is 2.51. The Balaban J connectivity index is 2.08. The van der Waals surface area contributed by atoms with E-state index in [0.717, 1.165) is 22.4 Å². The number of carbonyl (C=O) groups is 2. The molecule has 1 heterocycles. The van der Waals surface area contributed by atoms with Crippen molar-refractivity contribution in [2.45, 2.75) is 12.5 Å². The van der Waals surface area contributed by atoms with Crippen LogP contribution < -0.4 is 9.64 Å². The molecule has 0 aromatic heterocycles. The molecule has 0 unspecified atom stereocenters. The Morgan fingerprint density at radius 1 is 0.917 bits per heavy atom. The normalized spacial score (nSPS) is 17.0. The van der Waals surface area contributed by atoms with Crippen LogP contribution >= 0.6 is 0 Å². The van der Waals surface area contributed by atoms with Gasteiger partial charge < -0.3 is 19.1 Å². The summed E-state index contributed by atoms with van der Waals surface area (Å²) in [6.07, 6.45) is 2.35. The fourth-order valence-corrected chi connectivity index (χ4v) is 4.85. The van der Waals surface area contributed by atoms with Gasteiger partial charge in [-0.25, -0.2) is 4.79 Å². The van der Waals surface area contributed by atoms with Gasteiger partial charge >= 0.3 is 11.9 Å². The highest BCUT2D eigenvalue weighted by atomic mass is 16.5. The number of hydrogen-bond acceptors (Lipinski definition) is 6. The van der Waals surface area contributed by atoms with Gasteiger partial charge in [0.2, 0.25) is 0 Å². The lowest BCUT2D eigenvalue weighted by Gasteiger charge is -2.33. The second-order valence-corrected chi connectivity index (χ2v) is 8.33. The molecule has 0 saturated carbocycles. The number of rotatable bonds is 8. The SMILES string of the molecule is C=CCc1cc(OC)ccc1[C@@H]1[C@H](C(=O)OC)C(C(=O)OC)=C(c2ccccc2)N1c1ccccc1. The van der Waals surface area contributed by atoms with Crippen LogP contribution in [0.25, 0.3) is 5.70 Å². The van der Waals surface area contributed by atoms with E-state index in [1.54, 1.807) is 13.2 Å². The third kappa shape index (κ3) is 4.50. The molecule has 184 valence electrons. The van der Waals surface area contributed by atoms with E-state index in [2.05, 4.69) is 6.58 Å². The number of ether oxygens (including phenoxy) is 3. The molecule has 1 aliphatic rings. The second-order valence-electron chi connectivity index (χ2n) is 8.33. The summed E-state index contributed by atoms with van der Waals surface area (Å²) >= 11 is 0. The maximum absolute atomic E-state index is 13.4. The Labute approximate surface area is 211 Å². The average Bonchev–Trinajstić information content (AvgIpc) is 3.29. The molecule has 0 bridgehead atoms. The maximum Gasteiger partial charge on any atom is 0.336 e. The van der Waals surface area contributed by atoms with Crippen LogP contribution in [0.1, 0.15) is 22.7 Å². The predicted octanol–water partition coefficient (Wildman–Crippen LogP) is 5.36. The highest BCUT2D eigenvalue weighted by molar-refractivity contribution is 6.08. The number of esters is 2. The largest absolute Gasteiger partial charge is 0.497 e. The smallest absolute Gasteiger partial charge is 0.336 e. The van der Waals surface area contributed by atoms with E-state index in [9.17, 15) is 9.59 Å². The number of nitrogens with zero attached hydrogens (tertiary/aromatic N) is 1. The molecule has 6 heteroatoms. The van der Waals surface area contributed by atoms with Crippen molar-refractivity contribution in [3.8, 4) is 5.75 Å². The molecule has 0 amide bonds. The van der Waals surface area contributed by atoms with Gasteiger partial charge in [0, 0.05) is 5.69 Å². The van der Waals surface area contributed by atoms with Gasteiger partial charge in [0.25, 0.3) is 0 Å². The number of hydrogen-bond donors (Lipinski definition) is 0. The van der Waals surface area contributed by atoms with Crippen molar-refractivity contribution in [2.24, 2.45) is 5.92 Å². The first kappa shape index (κ1) is 24.8. The number of carbonyl (C=O) groups excluding carboxylic acids is 2. The lowest BCUT2D eigenvalue weighted by atomic mass is 9.85. The third-order valence-corrected chi connectivity index (χ3v) is 6.38. The average molecular weight is 484 g/mol. The Kier molecular flexibility index (Phi) is 7.54. The van der Waals surface area contributed by atoms with Gasteiger partial charge in [-0.05, 0) is 47.4 Å². The van der Waals surface area contributed by atoms with Gasteiger partial charge in [-0.1, -0.05) is 60.7 Å². The summed E-state index contributed by atoms with van der Waals surface area (Å²) in [5, 5.41) is 0. The van der Waals surface area contributed by atoms with Crippen LogP contribution in [0.3, 0.4) is 0 Å². The number of benzene rings is 3.